The van der Waals surface area contributed by atoms with Gasteiger partial charge in [-0.15, -0.1) is 0 Å². The van der Waals surface area contributed by atoms with Crippen molar-refractivity contribution in [3.8, 4) is 0 Å². The number of hydrogen-bond donors (Lipinski definition) is 3. The lowest BCUT2D eigenvalue weighted by atomic mass is 9.98. The molecule has 0 radical (unpaired) electrons. The summed E-state index contributed by atoms with van der Waals surface area (Å²) in [5.41, 5.74) is 1.90. The van der Waals surface area contributed by atoms with Gasteiger partial charge in [-0.2, -0.15) is 0 Å². The van der Waals surface area contributed by atoms with Crippen LogP contribution in [0.3, 0.4) is 0 Å². The van der Waals surface area contributed by atoms with E-state index in [1.807, 2.05) is 0 Å². The Morgan fingerprint density at radius 1 is 1.31 bits per heavy atom. The Balaban J connectivity index is 2.25. The lowest BCUT2D eigenvalue weighted by Crippen LogP contribution is -2.45. The van der Waals surface area contributed by atoms with Crippen LogP contribution in [0, 0.1) is 5.92 Å². The fraction of sp³-hybridized carbons (Fsp3) is 0.412. The van der Waals surface area contributed by atoms with E-state index in [1.54, 1.807) is 38.1 Å². The summed E-state index contributed by atoms with van der Waals surface area (Å²) in [5, 5.41) is 12.1. The number of fused-ring (bicyclic) bond motifs is 1. The average Bonchev–Trinajstić information content (AvgIpc) is 2.88. The Morgan fingerprint density at radius 2 is 1.96 bits per heavy atom. The minimum absolute atomic E-state index is 0.103. The second kappa shape index (κ2) is 7.77. The van der Waals surface area contributed by atoms with Crippen molar-refractivity contribution in [2.75, 3.05) is 6.26 Å². The molecular weight excluding hydrogens is 380 g/mol. The number of sulfonamides is 1. The number of benzene rings is 1. The summed E-state index contributed by atoms with van der Waals surface area (Å²) in [6.07, 6.45) is 4.36. The Labute approximate surface area is 157 Å². The zero-order chi connectivity index (χ0) is 19.6. The molecule has 1 aliphatic rings. The number of carbonyl (C=O) groups is 2. The number of carboxylic acids is 1. The second-order valence-electron chi connectivity index (χ2n) is 6.56. The summed E-state index contributed by atoms with van der Waals surface area (Å²) in [4.78, 5) is 23.6. The SMILES string of the molecule is CC(C)[C@@H](NC(=O)Cc1c(Cl)ccc2c1C=CC2NS(C)(=O)=O)C(=O)O. The standard InChI is InChI=1S/C17H21ClN2O5S/c1-9(2)16(17(22)23)19-15(21)8-12-10-5-7-14(20-26(3,24)25)11(10)4-6-13(12)18/h4-7,9,14,16,20H,8H2,1-3H3,(H,19,21)(H,22,23)/t14?,16-/m1/s1. The first-order chi connectivity index (χ1) is 12.0. The molecule has 0 aliphatic heterocycles. The molecule has 1 amide bonds. The van der Waals surface area contributed by atoms with Crippen molar-refractivity contribution in [1.29, 1.82) is 0 Å². The van der Waals surface area contributed by atoms with E-state index in [-0.39, 0.29) is 12.3 Å². The van der Waals surface area contributed by atoms with Crippen LogP contribution in [-0.2, 0) is 26.0 Å². The molecule has 142 valence electrons. The lowest BCUT2D eigenvalue weighted by Gasteiger charge is -2.19. The number of halogens is 1. The van der Waals surface area contributed by atoms with E-state index in [9.17, 15) is 23.1 Å². The summed E-state index contributed by atoms with van der Waals surface area (Å²) >= 11 is 6.23. The Morgan fingerprint density at radius 3 is 2.50 bits per heavy atom. The van der Waals surface area contributed by atoms with E-state index in [0.29, 0.717) is 21.7 Å². The summed E-state index contributed by atoms with van der Waals surface area (Å²) in [7, 11) is -3.41. The van der Waals surface area contributed by atoms with Crippen LogP contribution in [0.2, 0.25) is 5.02 Å². The minimum Gasteiger partial charge on any atom is -0.480 e. The molecule has 0 saturated heterocycles. The van der Waals surface area contributed by atoms with Crippen LogP contribution >= 0.6 is 11.6 Å². The van der Waals surface area contributed by atoms with E-state index < -0.39 is 34.0 Å². The topological polar surface area (TPSA) is 113 Å². The van der Waals surface area contributed by atoms with E-state index in [0.717, 1.165) is 6.26 Å². The van der Waals surface area contributed by atoms with Crippen LogP contribution in [0.5, 0.6) is 0 Å². The number of carbonyl (C=O) groups excluding carboxylic acids is 1. The van der Waals surface area contributed by atoms with E-state index in [4.69, 9.17) is 11.6 Å². The maximum Gasteiger partial charge on any atom is 0.326 e. The second-order valence-corrected chi connectivity index (χ2v) is 8.75. The molecule has 1 aromatic carbocycles. The molecular formula is C17H21ClN2O5S. The molecule has 2 atom stereocenters. The fourth-order valence-corrected chi connectivity index (χ4v) is 3.73. The van der Waals surface area contributed by atoms with Gasteiger partial charge in [-0.25, -0.2) is 17.9 Å². The van der Waals surface area contributed by atoms with Crippen LogP contribution in [0.25, 0.3) is 6.08 Å². The molecule has 0 bridgehead atoms. The van der Waals surface area contributed by atoms with Gasteiger partial charge in [0.25, 0.3) is 0 Å². The normalized spacial score (nSPS) is 17.2. The van der Waals surface area contributed by atoms with Crippen LogP contribution in [0.15, 0.2) is 18.2 Å². The first kappa shape index (κ1) is 20.4. The van der Waals surface area contributed by atoms with Crippen LogP contribution in [0.1, 0.15) is 36.6 Å². The predicted molar refractivity (Wildman–Crippen MR) is 99.3 cm³/mol. The monoisotopic (exact) mass is 400 g/mol. The molecule has 0 aromatic heterocycles. The molecule has 1 aromatic rings. The van der Waals surface area contributed by atoms with Gasteiger partial charge in [0.15, 0.2) is 0 Å². The number of rotatable bonds is 7. The Kier molecular flexibility index (Phi) is 6.10. The van der Waals surface area contributed by atoms with Crippen molar-refractivity contribution in [1.82, 2.24) is 10.0 Å². The third-order valence-corrected chi connectivity index (χ3v) is 5.09. The van der Waals surface area contributed by atoms with Gasteiger partial charge in [0.2, 0.25) is 15.9 Å². The first-order valence-electron chi connectivity index (χ1n) is 7.98. The first-order valence-corrected chi connectivity index (χ1v) is 10.3. The highest BCUT2D eigenvalue weighted by molar-refractivity contribution is 7.88. The molecule has 0 fully saturated rings. The lowest BCUT2D eigenvalue weighted by molar-refractivity contribution is -0.143. The number of hydrogen-bond acceptors (Lipinski definition) is 4. The Bertz CT molecular complexity index is 864. The van der Waals surface area contributed by atoms with Crippen molar-refractivity contribution in [3.05, 3.63) is 39.9 Å². The molecule has 3 N–H and O–H groups in total. The molecule has 9 heteroatoms. The van der Waals surface area contributed by atoms with Crippen molar-refractivity contribution in [2.24, 2.45) is 5.92 Å². The van der Waals surface area contributed by atoms with E-state index in [1.165, 1.54) is 0 Å². The number of carboxylic acid groups (broad SMARTS) is 1. The quantitative estimate of drug-likeness (QED) is 0.645. The molecule has 2 rings (SSSR count). The van der Waals surface area contributed by atoms with Gasteiger partial charge in [0.1, 0.15) is 6.04 Å². The highest BCUT2D eigenvalue weighted by Crippen LogP contribution is 2.35. The highest BCUT2D eigenvalue weighted by atomic mass is 35.5. The van der Waals surface area contributed by atoms with Gasteiger partial charge in [-0.1, -0.05) is 43.7 Å². The number of aliphatic carboxylic acids is 1. The minimum atomic E-state index is -3.41. The van der Waals surface area contributed by atoms with Crippen molar-refractivity contribution < 1.29 is 23.1 Å². The van der Waals surface area contributed by atoms with Gasteiger partial charge in [-0.3, -0.25) is 4.79 Å². The van der Waals surface area contributed by atoms with E-state index >= 15 is 0 Å². The smallest absolute Gasteiger partial charge is 0.326 e. The van der Waals surface area contributed by atoms with Gasteiger partial charge >= 0.3 is 5.97 Å². The van der Waals surface area contributed by atoms with Gasteiger partial charge in [0.05, 0.1) is 18.7 Å². The van der Waals surface area contributed by atoms with Crippen molar-refractivity contribution >= 4 is 39.6 Å². The summed E-state index contributed by atoms with van der Waals surface area (Å²) in [6.45, 7) is 3.41. The maximum absolute atomic E-state index is 12.3. The van der Waals surface area contributed by atoms with Crippen LogP contribution in [-0.4, -0.2) is 37.7 Å². The molecule has 1 aliphatic carbocycles. The summed E-state index contributed by atoms with van der Waals surface area (Å²) < 4.78 is 25.5. The maximum atomic E-state index is 12.3. The van der Waals surface area contributed by atoms with Gasteiger partial charge in [0, 0.05) is 5.02 Å². The van der Waals surface area contributed by atoms with Crippen molar-refractivity contribution in [3.63, 3.8) is 0 Å². The predicted octanol–water partition coefficient (Wildman–Crippen LogP) is 1.72. The van der Waals surface area contributed by atoms with Crippen molar-refractivity contribution in [2.45, 2.75) is 32.4 Å². The number of nitrogens with one attached hydrogen (secondary N) is 2. The molecule has 0 saturated carbocycles. The fourth-order valence-electron chi connectivity index (χ4n) is 2.83. The molecule has 7 nitrogen and oxygen atoms in total. The largest absolute Gasteiger partial charge is 0.480 e. The summed E-state index contributed by atoms with van der Waals surface area (Å²) in [6, 6.07) is 1.79. The third-order valence-electron chi connectivity index (χ3n) is 4.05. The van der Waals surface area contributed by atoms with Gasteiger partial charge in [-0.05, 0) is 28.7 Å². The molecule has 0 heterocycles. The zero-order valence-electron chi connectivity index (χ0n) is 14.6. The van der Waals surface area contributed by atoms with E-state index in [2.05, 4.69) is 10.0 Å². The summed E-state index contributed by atoms with van der Waals surface area (Å²) in [5.74, 6) is -1.83. The highest BCUT2D eigenvalue weighted by Gasteiger charge is 2.27. The third kappa shape index (κ3) is 4.84. The molecule has 1 unspecified atom stereocenters. The molecule has 0 spiro atoms. The molecule has 26 heavy (non-hydrogen) atoms. The van der Waals surface area contributed by atoms with Crippen LogP contribution in [0.4, 0.5) is 0 Å². The Hall–Kier alpha value is -1.90. The van der Waals surface area contributed by atoms with Gasteiger partial charge < -0.3 is 10.4 Å². The van der Waals surface area contributed by atoms with Crippen LogP contribution < -0.4 is 10.0 Å². The number of amides is 1. The average molecular weight is 401 g/mol. The zero-order valence-corrected chi connectivity index (χ0v) is 16.2.